The van der Waals surface area contributed by atoms with E-state index in [-0.39, 0.29) is 17.9 Å². The Bertz CT molecular complexity index is 1230. The third-order valence-corrected chi connectivity index (χ3v) is 6.91. The van der Waals surface area contributed by atoms with Crippen LogP contribution in [0, 0.1) is 5.92 Å². The Kier molecular flexibility index (Phi) is 6.61. The van der Waals surface area contributed by atoms with E-state index in [0.29, 0.717) is 0 Å². The molecule has 1 aliphatic heterocycles. The molecule has 0 bridgehead atoms. The van der Waals surface area contributed by atoms with Crippen LogP contribution in [0.3, 0.4) is 0 Å². The molecule has 2 heterocycles. The molecule has 1 saturated heterocycles. The van der Waals surface area contributed by atoms with Crippen LogP contribution >= 0.6 is 0 Å². The summed E-state index contributed by atoms with van der Waals surface area (Å²) in [5.41, 5.74) is 4.67. The number of carbonyl (C=O) groups is 1. The average molecular weight is 453 g/mol. The number of aryl methyl sites for hydroxylation is 2. The lowest BCUT2D eigenvalue weighted by Gasteiger charge is -2.33. The summed E-state index contributed by atoms with van der Waals surface area (Å²) < 4.78 is 2.35. The van der Waals surface area contributed by atoms with Gasteiger partial charge in [-0.15, -0.1) is 0 Å². The number of anilines is 1. The van der Waals surface area contributed by atoms with E-state index in [1.165, 1.54) is 11.1 Å². The average Bonchev–Trinajstić information content (AvgIpc) is 3.27. The van der Waals surface area contributed by atoms with Gasteiger partial charge in [-0.3, -0.25) is 4.79 Å². The molecule has 0 spiro atoms. The molecule has 1 amide bonds. The Morgan fingerprint density at radius 1 is 0.941 bits per heavy atom. The minimum atomic E-state index is 0.0221. The molecule has 0 unspecified atom stereocenters. The van der Waals surface area contributed by atoms with Crippen molar-refractivity contribution in [1.29, 1.82) is 0 Å². The highest BCUT2D eigenvalue weighted by Crippen LogP contribution is 2.28. The molecular weight excluding hydrogens is 420 g/mol. The van der Waals surface area contributed by atoms with Crippen molar-refractivity contribution in [2.75, 3.05) is 18.0 Å². The van der Waals surface area contributed by atoms with Crippen LogP contribution in [0.4, 0.5) is 5.95 Å². The van der Waals surface area contributed by atoms with Crippen molar-refractivity contribution >= 4 is 22.9 Å². The van der Waals surface area contributed by atoms with E-state index in [1.54, 1.807) is 0 Å². The first-order valence-electron chi connectivity index (χ1n) is 12.3. The monoisotopic (exact) mass is 452 g/mol. The number of carbonyl (C=O) groups excluding carboxylic acids is 1. The molecule has 0 saturated carbocycles. The molecule has 1 N–H and O–H groups in total. The maximum atomic E-state index is 12.9. The molecule has 174 valence electrons. The second kappa shape index (κ2) is 10.1. The van der Waals surface area contributed by atoms with E-state index in [0.717, 1.165) is 55.9 Å². The first-order chi connectivity index (χ1) is 16.7. The van der Waals surface area contributed by atoms with Gasteiger partial charge in [0.2, 0.25) is 11.9 Å². The Morgan fingerprint density at radius 3 is 2.32 bits per heavy atom. The number of piperidine rings is 1. The van der Waals surface area contributed by atoms with Crippen LogP contribution in [0.1, 0.15) is 36.9 Å². The predicted octanol–water partition coefficient (Wildman–Crippen LogP) is 5.37. The lowest BCUT2D eigenvalue weighted by atomic mass is 9.95. The zero-order valence-electron chi connectivity index (χ0n) is 19.7. The zero-order valence-corrected chi connectivity index (χ0v) is 19.7. The van der Waals surface area contributed by atoms with E-state index >= 15 is 0 Å². The number of benzene rings is 3. The Labute approximate surface area is 201 Å². The van der Waals surface area contributed by atoms with E-state index in [2.05, 4.69) is 82.4 Å². The molecule has 5 nitrogen and oxygen atoms in total. The van der Waals surface area contributed by atoms with Crippen molar-refractivity contribution in [1.82, 2.24) is 14.9 Å². The summed E-state index contributed by atoms with van der Waals surface area (Å²) in [5, 5.41) is 3.21. The second-order valence-corrected chi connectivity index (χ2v) is 9.19. The van der Waals surface area contributed by atoms with Crippen LogP contribution in [0.15, 0.2) is 84.9 Å². The van der Waals surface area contributed by atoms with Gasteiger partial charge in [0, 0.05) is 25.6 Å². The van der Waals surface area contributed by atoms with Gasteiger partial charge < -0.3 is 14.8 Å². The van der Waals surface area contributed by atoms with Crippen LogP contribution in [0.5, 0.6) is 0 Å². The van der Waals surface area contributed by atoms with Gasteiger partial charge in [0.15, 0.2) is 0 Å². The summed E-state index contributed by atoms with van der Waals surface area (Å²) >= 11 is 0. The van der Waals surface area contributed by atoms with Crippen molar-refractivity contribution in [3.05, 3.63) is 96.1 Å². The minimum Gasteiger partial charge on any atom is -0.349 e. The number of hydrogen-bond donors (Lipinski definition) is 1. The Morgan fingerprint density at radius 2 is 1.59 bits per heavy atom. The van der Waals surface area contributed by atoms with Crippen LogP contribution in [0.2, 0.25) is 0 Å². The van der Waals surface area contributed by atoms with Crippen molar-refractivity contribution in [3.8, 4) is 0 Å². The fourth-order valence-electron chi connectivity index (χ4n) is 4.91. The number of nitrogens with one attached hydrogen (secondary N) is 1. The smallest absolute Gasteiger partial charge is 0.223 e. The highest BCUT2D eigenvalue weighted by molar-refractivity contribution is 5.80. The van der Waals surface area contributed by atoms with Gasteiger partial charge in [0.05, 0.1) is 17.1 Å². The summed E-state index contributed by atoms with van der Waals surface area (Å²) in [7, 11) is 0. The largest absolute Gasteiger partial charge is 0.349 e. The lowest BCUT2D eigenvalue weighted by Crippen LogP contribution is -2.42. The number of imidazole rings is 1. The fraction of sp³-hybridized carbons (Fsp3) is 0.310. The highest BCUT2D eigenvalue weighted by Gasteiger charge is 2.28. The van der Waals surface area contributed by atoms with E-state index < -0.39 is 0 Å². The Balaban J connectivity index is 1.26. The first kappa shape index (κ1) is 22.2. The molecule has 5 heteroatoms. The highest BCUT2D eigenvalue weighted by atomic mass is 16.1. The summed E-state index contributed by atoms with van der Waals surface area (Å²) in [6.07, 6.45) is 2.65. The summed E-state index contributed by atoms with van der Waals surface area (Å²) in [4.78, 5) is 20.3. The van der Waals surface area contributed by atoms with Crippen LogP contribution in [-0.4, -0.2) is 28.5 Å². The molecule has 4 aromatic rings. The van der Waals surface area contributed by atoms with Gasteiger partial charge >= 0.3 is 0 Å². The van der Waals surface area contributed by atoms with E-state index in [4.69, 9.17) is 4.98 Å². The van der Waals surface area contributed by atoms with Gasteiger partial charge in [-0.1, -0.05) is 72.8 Å². The molecule has 3 aromatic carbocycles. The van der Waals surface area contributed by atoms with Gasteiger partial charge in [-0.05, 0) is 49.4 Å². The molecule has 34 heavy (non-hydrogen) atoms. The number of para-hydroxylation sites is 2. The third kappa shape index (κ3) is 4.84. The number of hydrogen-bond acceptors (Lipinski definition) is 3. The molecule has 1 fully saturated rings. The number of rotatable bonds is 7. The third-order valence-electron chi connectivity index (χ3n) is 6.91. The maximum absolute atomic E-state index is 12.9. The fourth-order valence-corrected chi connectivity index (χ4v) is 4.91. The number of aromatic nitrogens is 2. The second-order valence-electron chi connectivity index (χ2n) is 9.19. The van der Waals surface area contributed by atoms with Crippen molar-refractivity contribution < 1.29 is 4.79 Å². The molecule has 5 rings (SSSR count). The van der Waals surface area contributed by atoms with Crippen molar-refractivity contribution in [3.63, 3.8) is 0 Å². The van der Waals surface area contributed by atoms with E-state index in [1.807, 2.05) is 24.3 Å². The van der Waals surface area contributed by atoms with Crippen LogP contribution in [-0.2, 0) is 17.8 Å². The first-order valence-corrected chi connectivity index (χ1v) is 12.3. The number of nitrogens with zero attached hydrogens (tertiary/aromatic N) is 3. The normalized spacial score (nSPS) is 15.4. The van der Waals surface area contributed by atoms with Crippen LogP contribution < -0.4 is 10.2 Å². The molecule has 1 aromatic heterocycles. The van der Waals surface area contributed by atoms with Crippen molar-refractivity contribution in [2.45, 2.75) is 38.8 Å². The SMILES string of the molecule is C[C@H](NC(=O)C1CCN(c2nc3ccccc3n2CCc2ccccc2)CC1)c1ccccc1. The van der Waals surface area contributed by atoms with Gasteiger partial charge in [-0.25, -0.2) is 4.98 Å². The number of amides is 1. The molecule has 0 aliphatic carbocycles. The lowest BCUT2D eigenvalue weighted by molar-refractivity contribution is -0.126. The quantitative estimate of drug-likeness (QED) is 0.410. The van der Waals surface area contributed by atoms with Gasteiger partial charge in [0.25, 0.3) is 0 Å². The Hall–Kier alpha value is -3.60. The summed E-state index contributed by atoms with van der Waals surface area (Å²) in [5.74, 6) is 1.23. The minimum absolute atomic E-state index is 0.0221. The predicted molar refractivity (Wildman–Crippen MR) is 138 cm³/mol. The molecular formula is C29H32N4O. The van der Waals surface area contributed by atoms with Crippen LogP contribution in [0.25, 0.3) is 11.0 Å². The molecule has 1 atom stereocenters. The van der Waals surface area contributed by atoms with E-state index in [9.17, 15) is 4.79 Å². The summed E-state index contributed by atoms with van der Waals surface area (Å²) in [6, 6.07) is 29.2. The topological polar surface area (TPSA) is 50.2 Å². The van der Waals surface area contributed by atoms with Gasteiger partial charge in [-0.2, -0.15) is 0 Å². The molecule has 0 radical (unpaired) electrons. The number of fused-ring (bicyclic) bond motifs is 1. The zero-order chi connectivity index (χ0) is 23.3. The standard InChI is InChI=1S/C29H32N4O/c1-22(24-12-6-3-7-13-24)30-28(34)25-17-19-32(20-18-25)29-31-26-14-8-9-15-27(26)33(29)21-16-23-10-4-2-5-11-23/h2-15,22,25H,16-21H2,1H3,(H,30,34)/t22-/m0/s1. The van der Waals surface area contributed by atoms with Crippen molar-refractivity contribution in [2.24, 2.45) is 5.92 Å². The summed E-state index contributed by atoms with van der Waals surface area (Å²) in [6.45, 7) is 4.62. The molecule has 1 aliphatic rings. The van der Waals surface area contributed by atoms with Gasteiger partial charge in [0.1, 0.15) is 0 Å². The maximum Gasteiger partial charge on any atom is 0.223 e.